The number of sulfone groups is 1. The summed E-state index contributed by atoms with van der Waals surface area (Å²) in [6.45, 7) is 3.05. The van der Waals surface area contributed by atoms with Crippen LogP contribution in [0.15, 0.2) is 34.0 Å². The van der Waals surface area contributed by atoms with Crippen molar-refractivity contribution in [3.8, 4) is 5.69 Å². The Kier molecular flexibility index (Phi) is 4.16. The SMILES string of the molecule is CC(C)S(=O)(=O)c1ccc(Cl)c(-n2c(N)c3c(cc2=O)C(=O)NC3=O)c1. The highest BCUT2D eigenvalue weighted by atomic mass is 35.5. The van der Waals surface area contributed by atoms with E-state index in [1.807, 2.05) is 0 Å². The number of rotatable bonds is 3. The molecule has 0 saturated carbocycles. The number of carbonyl (C=O) groups excluding carboxylic acids is 2. The number of hydrogen-bond donors (Lipinski definition) is 2. The second kappa shape index (κ2) is 5.96. The standard InChI is InChI=1S/C16H14ClN3O5S/c1-7(2)26(24,25)8-3-4-10(17)11(5-8)20-12(21)6-9-13(14(20)18)16(23)19-15(9)22/h3-7H,18H2,1-2H3,(H,19,22,23). The fourth-order valence-corrected chi connectivity index (χ4v) is 3.92. The minimum absolute atomic E-state index is 0.00541. The molecule has 3 rings (SSSR count). The number of nitrogen functional groups attached to an aromatic ring is 1. The summed E-state index contributed by atoms with van der Waals surface area (Å²) >= 11 is 6.14. The van der Waals surface area contributed by atoms with Gasteiger partial charge < -0.3 is 5.73 Å². The molecule has 1 aromatic carbocycles. The lowest BCUT2D eigenvalue weighted by atomic mass is 10.1. The third-order valence-electron chi connectivity index (χ3n) is 4.06. The van der Waals surface area contributed by atoms with Crippen LogP contribution in [0.2, 0.25) is 5.02 Å². The van der Waals surface area contributed by atoms with Crippen molar-refractivity contribution in [2.24, 2.45) is 0 Å². The minimum Gasteiger partial charge on any atom is -0.384 e. The van der Waals surface area contributed by atoms with Gasteiger partial charge in [0.1, 0.15) is 5.82 Å². The predicted molar refractivity (Wildman–Crippen MR) is 95.6 cm³/mol. The van der Waals surface area contributed by atoms with Gasteiger partial charge in [0.25, 0.3) is 17.4 Å². The summed E-state index contributed by atoms with van der Waals surface area (Å²) in [5.41, 5.74) is 4.96. The zero-order valence-corrected chi connectivity index (χ0v) is 15.3. The first-order valence-corrected chi connectivity index (χ1v) is 9.43. The van der Waals surface area contributed by atoms with E-state index in [1.54, 1.807) is 0 Å². The number of aromatic nitrogens is 1. The van der Waals surface area contributed by atoms with Crippen molar-refractivity contribution in [2.45, 2.75) is 24.0 Å². The number of carbonyl (C=O) groups is 2. The van der Waals surface area contributed by atoms with E-state index < -0.39 is 32.5 Å². The molecule has 3 N–H and O–H groups in total. The van der Waals surface area contributed by atoms with Gasteiger partial charge in [-0.2, -0.15) is 0 Å². The number of benzene rings is 1. The van der Waals surface area contributed by atoms with Gasteiger partial charge in [0.15, 0.2) is 9.84 Å². The first-order valence-electron chi connectivity index (χ1n) is 7.50. The minimum atomic E-state index is -3.63. The normalized spacial score (nSPS) is 13.8. The van der Waals surface area contributed by atoms with Crippen LogP contribution in [0, 0.1) is 0 Å². The molecular formula is C16H14ClN3O5S. The van der Waals surface area contributed by atoms with Gasteiger partial charge in [-0.05, 0) is 32.0 Å². The molecule has 0 atom stereocenters. The zero-order chi connectivity index (χ0) is 19.4. The monoisotopic (exact) mass is 395 g/mol. The Morgan fingerprint density at radius 1 is 1.12 bits per heavy atom. The predicted octanol–water partition coefficient (Wildman–Crippen LogP) is 1.14. The second-order valence-electron chi connectivity index (χ2n) is 5.98. The molecule has 2 aromatic rings. The van der Waals surface area contributed by atoms with Gasteiger partial charge in [0, 0.05) is 6.07 Å². The molecule has 0 saturated heterocycles. The van der Waals surface area contributed by atoms with Crippen molar-refractivity contribution >= 4 is 39.1 Å². The lowest BCUT2D eigenvalue weighted by Crippen LogP contribution is -2.24. The number of pyridine rings is 1. The molecule has 0 unspecified atom stereocenters. The molecular weight excluding hydrogens is 382 g/mol. The molecule has 136 valence electrons. The van der Waals surface area contributed by atoms with Crippen LogP contribution in [-0.2, 0) is 9.84 Å². The summed E-state index contributed by atoms with van der Waals surface area (Å²) in [6.07, 6.45) is 0. The summed E-state index contributed by atoms with van der Waals surface area (Å²) in [5, 5.41) is 1.43. The van der Waals surface area contributed by atoms with E-state index in [1.165, 1.54) is 32.0 Å². The van der Waals surface area contributed by atoms with Crippen LogP contribution in [-0.4, -0.2) is 30.0 Å². The molecule has 2 amide bonds. The Labute approximate surface area is 153 Å². The lowest BCUT2D eigenvalue weighted by Gasteiger charge is -2.15. The second-order valence-corrected chi connectivity index (χ2v) is 8.89. The Bertz CT molecular complexity index is 1140. The fourth-order valence-electron chi connectivity index (χ4n) is 2.64. The van der Waals surface area contributed by atoms with Gasteiger partial charge in [0.05, 0.1) is 32.0 Å². The summed E-state index contributed by atoms with van der Waals surface area (Å²) in [6, 6.07) is 4.84. The van der Waals surface area contributed by atoms with Crippen LogP contribution in [0.25, 0.3) is 5.69 Å². The molecule has 2 heterocycles. The lowest BCUT2D eigenvalue weighted by molar-refractivity contribution is 0.0880. The number of halogens is 1. The maximum absolute atomic E-state index is 12.5. The van der Waals surface area contributed by atoms with E-state index in [0.29, 0.717) is 0 Å². The Morgan fingerprint density at radius 3 is 2.38 bits per heavy atom. The Morgan fingerprint density at radius 2 is 1.77 bits per heavy atom. The zero-order valence-electron chi connectivity index (χ0n) is 13.7. The van der Waals surface area contributed by atoms with E-state index in [2.05, 4.69) is 5.32 Å². The maximum atomic E-state index is 12.5. The third-order valence-corrected chi connectivity index (χ3v) is 6.53. The first kappa shape index (κ1) is 18.2. The van der Waals surface area contributed by atoms with Crippen LogP contribution < -0.4 is 16.6 Å². The average molecular weight is 396 g/mol. The third kappa shape index (κ3) is 2.60. The number of hydrogen-bond acceptors (Lipinski definition) is 6. The largest absolute Gasteiger partial charge is 0.384 e. The van der Waals surface area contributed by atoms with Gasteiger partial charge in [-0.1, -0.05) is 11.6 Å². The number of fused-ring (bicyclic) bond motifs is 1. The van der Waals surface area contributed by atoms with Crippen molar-refractivity contribution in [3.63, 3.8) is 0 Å². The summed E-state index contributed by atoms with van der Waals surface area (Å²) in [7, 11) is -3.63. The van der Waals surface area contributed by atoms with Crippen LogP contribution in [0.1, 0.15) is 34.6 Å². The van der Waals surface area contributed by atoms with E-state index >= 15 is 0 Å². The summed E-state index contributed by atoms with van der Waals surface area (Å²) in [4.78, 5) is 36.1. The molecule has 0 bridgehead atoms. The van der Waals surface area contributed by atoms with Crippen molar-refractivity contribution in [1.82, 2.24) is 9.88 Å². The van der Waals surface area contributed by atoms with Crippen LogP contribution in [0.3, 0.4) is 0 Å². The molecule has 1 aromatic heterocycles. The highest BCUT2D eigenvalue weighted by Crippen LogP contribution is 2.29. The van der Waals surface area contributed by atoms with Crippen molar-refractivity contribution < 1.29 is 18.0 Å². The Balaban J connectivity index is 2.33. The Hall–Kier alpha value is -2.65. The van der Waals surface area contributed by atoms with Crippen molar-refractivity contribution in [3.05, 3.63) is 50.8 Å². The molecule has 1 aliphatic heterocycles. The van der Waals surface area contributed by atoms with Gasteiger partial charge in [-0.15, -0.1) is 0 Å². The van der Waals surface area contributed by atoms with Crippen LogP contribution in [0.4, 0.5) is 5.82 Å². The topological polar surface area (TPSA) is 128 Å². The average Bonchev–Trinajstić information content (AvgIpc) is 2.82. The number of nitrogens with one attached hydrogen (secondary N) is 1. The number of imide groups is 1. The van der Waals surface area contributed by atoms with E-state index in [-0.39, 0.29) is 32.6 Å². The summed E-state index contributed by atoms with van der Waals surface area (Å²) in [5.74, 6) is -1.75. The molecule has 8 nitrogen and oxygen atoms in total. The van der Waals surface area contributed by atoms with Crippen molar-refractivity contribution in [1.29, 1.82) is 0 Å². The van der Waals surface area contributed by atoms with Gasteiger partial charge in [-0.3, -0.25) is 24.3 Å². The van der Waals surface area contributed by atoms with E-state index in [9.17, 15) is 22.8 Å². The van der Waals surface area contributed by atoms with E-state index in [4.69, 9.17) is 17.3 Å². The maximum Gasteiger partial charge on any atom is 0.262 e. The molecule has 0 spiro atoms. The van der Waals surface area contributed by atoms with E-state index in [0.717, 1.165) is 10.6 Å². The molecule has 0 aliphatic carbocycles. The van der Waals surface area contributed by atoms with Crippen molar-refractivity contribution in [2.75, 3.05) is 5.73 Å². The molecule has 1 aliphatic rings. The smallest absolute Gasteiger partial charge is 0.262 e. The number of nitrogens with two attached hydrogens (primary N) is 1. The fraction of sp³-hybridized carbons (Fsp3) is 0.188. The summed E-state index contributed by atoms with van der Waals surface area (Å²) < 4.78 is 25.7. The first-order chi connectivity index (χ1) is 12.1. The number of nitrogens with zero attached hydrogens (tertiary/aromatic N) is 1. The van der Waals surface area contributed by atoms with Crippen LogP contribution in [0.5, 0.6) is 0 Å². The molecule has 0 fully saturated rings. The molecule has 26 heavy (non-hydrogen) atoms. The number of anilines is 1. The van der Waals surface area contributed by atoms with Gasteiger partial charge in [0.2, 0.25) is 0 Å². The highest BCUT2D eigenvalue weighted by Gasteiger charge is 2.32. The van der Waals surface area contributed by atoms with Gasteiger partial charge in [-0.25, -0.2) is 8.42 Å². The van der Waals surface area contributed by atoms with Gasteiger partial charge >= 0.3 is 0 Å². The molecule has 0 radical (unpaired) electrons. The number of amides is 2. The van der Waals surface area contributed by atoms with Crippen LogP contribution >= 0.6 is 11.6 Å². The molecule has 10 heteroatoms. The quantitative estimate of drug-likeness (QED) is 0.750. The highest BCUT2D eigenvalue weighted by molar-refractivity contribution is 7.92.